The maximum Gasteiger partial charge on any atom is 0.289 e. The van der Waals surface area contributed by atoms with Crippen molar-refractivity contribution in [3.8, 4) is 0 Å². The predicted molar refractivity (Wildman–Crippen MR) is 101 cm³/mol. The Morgan fingerprint density at radius 3 is 2.44 bits per heavy atom. The summed E-state index contributed by atoms with van der Waals surface area (Å²) in [6.07, 6.45) is 1.96. The smallest absolute Gasteiger partial charge is 0.289 e. The van der Waals surface area contributed by atoms with E-state index in [0.717, 1.165) is 12.8 Å². The van der Waals surface area contributed by atoms with Gasteiger partial charge in [0.15, 0.2) is 4.90 Å². The van der Waals surface area contributed by atoms with Gasteiger partial charge in [-0.3, -0.25) is 19.8 Å². The van der Waals surface area contributed by atoms with Gasteiger partial charge >= 0.3 is 0 Å². The van der Waals surface area contributed by atoms with E-state index in [1.807, 2.05) is 4.90 Å². The van der Waals surface area contributed by atoms with Crippen molar-refractivity contribution in [2.45, 2.75) is 24.7 Å². The molecule has 10 heteroatoms. The Labute approximate surface area is 159 Å². The van der Waals surface area contributed by atoms with Gasteiger partial charge in [-0.2, -0.15) is 4.31 Å². The normalized spacial score (nSPS) is 16.2. The van der Waals surface area contributed by atoms with Gasteiger partial charge < -0.3 is 4.90 Å². The van der Waals surface area contributed by atoms with Crippen molar-refractivity contribution >= 4 is 21.6 Å². The number of para-hydroxylation sites is 1. The molecular formula is C17H26N4O5S. The van der Waals surface area contributed by atoms with Crippen LogP contribution in [0.2, 0.25) is 0 Å². The number of piperazine rings is 1. The van der Waals surface area contributed by atoms with Gasteiger partial charge in [0.25, 0.3) is 5.69 Å². The molecule has 0 radical (unpaired) electrons. The molecule has 0 saturated carbocycles. The second-order valence-electron chi connectivity index (χ2n) is 6.57. The van der Waals surface area contributed by atoms with Gasteiger partial charge in [-0.05, 0) is 12.5 Å². The highest BCUT2D eigenvalue weighted by Crippen LogP contribution is 2.26. The maximum atomic E-state index is 12.8. The molecule has 0 aromatic heterocycles. The molecule has 9 nitrogen and oxygen atoms in total. The second kappa shape index (κ2) is 9.25. The van der Waals surface area contributed by atoms with Gasteiger partial charge in [0.2, 0.25) is 15.9 Å². The number of amides is 1. The third-order valence-electron chi connectivity index (χ3n) is 4.64. The Bertz CT molecular complexity index is 775. The van der Waals surface area contributed by atoms with Crippen molar-refractivity contribution in [2.24, 2.45) is 0 Å². The van der Waals surface area contributed by atoms with E-state index < -0.39 is 20.6 Å². The van der Waals surface area contributed by atoms with Gasteiger partial charge in [-0.15, -0.1) is 0 Å². The van der Waals surface area contributed by atoms with Crippen LogP contribution in [-0.2, 0) is 14.8 Å². The Kier molecular flexibility index (Phi) is 7.28. The number of hydrogen-bond acceptors (Lipinski definition) is 6. The maximum absolute atomic E-state index is 12.8. The average molecular weight is 398 g/mol. The first-order valence-corrected chi connectivity index (χ1v) is 10.4. The summed E-state index contributed by atoms with van der Waals surface area (Å²) in [6, 6.07) is 5.36. The molecule has 1 aromatic rings. The number of benzene rings is 1. The highest BCUT2D eigenvalue weighted by atomic mass is 32.2. The molecule has 0 spiro atoms. The van der Waals surface area contributed by atoms with Crippen LogP contribution in [0.1, 0.15) is 19.8 Å². The van der Waals surface area contributed by atoms with E-state index in [9.17, 15) is 23.3 Å². The zero-order valence-corrected chi connectivity index (χ0v) is 16.5. The number of carbonyl (C=O) groups is 1. The number of sulfonamides is 1. The van der Waals surface area contributed by atoms with Crippen molar-refractivity contribution in [2.75, 3.05) is 46.3 Å². The number of nitro groups is 1. The third-order valence-corrected chi connectivity index (χ3v) is 6.59. The fraction of sp³-hybridized carbons (Fsp3) is 0.588. The Morgan fingerprint density at radius 2 is 1.85 bits per heavy atom. The number of hydrogen-bond donors (Lipinski definition) is 0. The highest BCUT2D eigenvalue weighted by molar-refractivity contribution is 7.89. The largest absolute Gasteiger partial charge is 0.345 e. The first-order valence-electron chi connectivity index (χ1n) is 8.97. The van der Waals surface area contributed by atoms with E-state index in [-0.39, 0.29) is 30.4 Å². The first-order chi connectivity index (χ1) is 12.8. The monoisotopic (exact) mass is 398 g/mol. The summed E-state index contributed by atoms with van der Waals surface area (Å²) in [5.41, 5.74) is -0.423. The van der Waals surface area contributed by atoms with Gasteiger partial charge in [0, 0.05) is 45.8 Å². The van der Waals surface area contributed by atoms with Crippen LogP contribution in [0.25, 0.3) is 0 Å². The van der Waals surface area contributed by atoms with Crippen LogP contribution >= 0.6 is 0 Å². The zero-order valence-electron chi connectivity index (χ0n) is 15.7. The lowest BCUT2D eigenvalue weighted by Gasteiger charge is -2.34. The molecule has 1 aliphatic rings. The fourth-order valence-corrected chi connectivity index (χ4v) is 4.50. The second-order valence-corrected chi connectivity index (χ2v) is 8.48. The molecule has 0 unspecified atom stereocenters. The molecule has 1 fully saturated rings. The molecule has 1 heterocycles. The molecule has 0 aliphatic carbocycles. The van der Waals surface area contributed by atoms with E-state index in [1.54, 1.807) is 11.9 Å². The van der Waals surface area contributed by atoms with Crippen LogP contribution in [0.15, 0.2) is 29.2 Å². The van der Waals surface area contributed by atoms with Gasteiger partial charge in [0.05, 0.1) is 11.5 Å². The Hall–Kier alpha value is -2.04. The fourth-order valence-electron chi connectivity index (χ4n) is 2.93. The van der Waals surface area contributed by atoms with Gasteiger partial charge in [-0.25, -0.2) is 8.42 Å². The molecule has 1 amide bonds. The van der Waals surface area contributed by atoms with Crippen LogP contribution in [-0.4, -0.2) is 79.7 Å². The molecule has 1 saturated heterocycles. The minimum absolute atomic E-state index is 0.0125. The summed E-state index contributed by atoms with van der Waals surface area (Å²) in [6.45, 7) is 4.23. The number of carbonyl (C=O) groups excluding carboxylic acids is 1. The molecule has 27 heavy (non-hydrogen) atoms. The lowest BCUT2D eigenvalue weighted by molar-refractivity contribution is -0.387. The number of rotatable bonds is 8. The van der Waals surface area contributed by atoms with Crippen molar-refractivity contribution in [3.63, 3.8) is 0 Å². The lowest BCUT2D eigenvalue weighted by Crippen LogP contribution is -2.51. The van der Waals surface area contributed by atoms with Crippen LogP contribution < -0.4 is 0 Å². The van der Waals surface area contributed by atoms with E-state index in [0.29, 0.717) is 19.6 Å². The number of likely N-dealkylation sites (N-methyl/N-ethyl adjacent to an activating group) is 1. The van der Waals surface area contributed by atoms with Crippen LogP contribution in [0.3, 0.4) is 0 Å². The van der Waals surface area contributed by atoms with Gasteiger partial charge in [0.1, 0.15) is 0 Å². The quantitative estimate of drug-likeness (QED) is 0.481. The molecule has 0 bridgehead atoms. The molecule has 1 aromatic carbocycles. The van der Waals surface area contributed by atoms with Gasteiger partial charge in [-0.1, -0.05) is 25.5 Å². The topological polar surface area (TPSA) is 104 Å². The molecular weight excluding hydrogens is 372 g/mol. The van der Waals surface area contributed by atoms with Crippen LogP contribution in [0.5, 0.6) is 0 Å². The summed E-state index contributed by atoms with van der Waals surface area (Å²) >= 11 is 0. The van der Waals surface area contributed by atoms with Crippen molar-refractivity contribution in [1.82, 2.24) is 14.1 Å². The molecule has 0 atom stereocenters. The minimum Gasteiger partial charge on any atom is -0.345 e. The highest BCUT2D eigenvalue weighted by Gasteiger charge is 2.33. The molecule has 0 N–H and O–H groups in total. The van der Waals surface area contributed by atoms with E-state index >= 15 is 0 Å². The summed E-state index contributed by atoms with van der Waals surface area (Å²) in [4.78, 5) is 26.0. The standard InChI is InChI=1S/C17H26N4O5S/c1-3-4-9-18(2)17(22)14-19-10-12-20(13-11-19)27(25,26)16-8-6-5-7-15(16)21(23)24/h5-8H,3-4,9-14H2,1-2H3. The number of nitro benzene ring substituents is 1. The number of nitrogens with zero attached hydrogens (tertiary/aromatic N) is 4. The Balaban J connectivity index is 1.99. The summed E-state index contributed by atoms with van der Waals surface area (Å²) in [7, 11) is -2.18. The summed E-state index contributed by atoms with van der Waals surface area (Å²) < 4.78 is 26.8. The number of unbranched alkanes of at least 4 members (excludes halogenated alkanes) is 1. The predicted octanol–water partition coefficient (Wildman–Crippen LogP) is 1.16. The summed E-state index contributed by atoms with van der Waals surface area (Å²) in [5.74, 6) is 0.0125. The third kappa shape index (κ3) is 5.24. The molecule has 150 valence electrons. The first kappa shape index (κ1) is 21.3. The van der Waals surface area contributed by atoms with E-state index in [4.69, 9.17) is 0 Å². The summed E-state index contributed by atoms with van der Waals surface area (Å²) in [5, 5.41) is 11.1. The van der Waals surface area contributed by atoms with Crippen LogP contribution in [0, 0.1) is 10.1 Å². The minimum atomic E-state index is -3.95. The van der Waals surface area contributed by atoms with E-state index in [2.05, 4.69) is 6.92 Å². The zero-order chi connectivity index (χ0) is 20.0. The van der Waals surface area contributed by atoms with Crippen molar-refractivity contribution < 1.29 is 18.1 Å². The van der Waals surface area contributed by atoms with Crippen molar-refractivity contribution in [3.05, 3.63) is 34.4 Å². The van der Waals surface area contributed by atoms with Crippen LogP contribution in [0.4, 0.5) is 5.69 Å². The molecule has 1 aliphatic heterocycles. The Morgan fingerprint density at radius 1 is 1.22 bits per heavy atom. The molecule has 2 rings (SSSR count). The SMILES string of the molecule is CCCCN(C)C(=O)CN1CCN(S(=O)(=O)c2ccccc2[N+](=O)[O-])CC1. The average Bonchev–Trinajstić information content (AvgIpc) is 2.66. The van der Waals surface area contributed by atoms with Crippen molar-refractivity contribution in [1.29, 1.82) is 0 Å². The van der Waals surface area contributed by atoms with E-state index in [1.165, 1.54) is 28.6 Å². The lowest BCUT2D eigenvalue weighted by atomic mass is 10.3.